The molecule has 0 radical (unpaired) electrons. The van der Waals surface area contributed by atoms with Gasteiger partial charge in [0.25, 0.3) is 0 Å². The molecule has 0 saturated heterocycles. The van der Waals surface area contributed by atoms with Gasteiger partial charge < -0.3 is 0 Å². The maximum absolute atomic E-state index is 12.0. The summed E-state index contributed by atoms with van der Waals surface area (Å²) in [6.07, 6.45) is 0. The van der Waals surface area contributed by atoms with Crippen LogP contribution in [0.3, 0.4) is 0 Å². The molecule has 0 bridgehead atoms. The molecule has 2 N–H and O–H groups in total. The first-order valence-electron chi connectivity index (χ1n) is 1.85. The van der Waals surface area contributed by atoms with Gasteiger partial charge in [-0.15, -0.1) is 0 Å². The van der Waals surface area contributed by atoms with Gasteiger partial charge in [-0.25, -0.2) is 0 Å². The van der Waals surface area contributed by atoms with Crippen molar-refractivity contribution in [3.05, 3.63) is 10.9 Å². The Kier molecular flexibility index (Phi) is 1.21. The summed E-state index contributed by atoms with van der Waals surface area (Å²) in [5.41, 5.74) is 2.30. The van der Waals surface area contributed by atoms with Crippen LogP contribution in [0.2, 0.25) is 0 Å². The summed E-state index contributed by atoms with van der Waals surface area (Å²) in [6, 6.07) is 0. The van der Waals surface area contributed by atoms with Crippen molar-refractivity contribution in [2.45, 2.75) is 6.92 Å². The van der Waals surface area contributed by atoms with E-state index < -0.39 is 0 Å². The number of hydrogen-bond acceptors (Lipinski definition) is 3. The minimum atomic E-state index is -0.273. The maximum atomic E-state index is 12.0. The zero-order valence-corrected chi connectivity index (χ0v) is 4.60. The monoisotopic (exact) mass is 120 g/mol. The summed E-state index contributed by atoms with van der Waals surface area (Å²) >= 11 is 1.25. The predicted molar refractivity (Wildman–Crippen MR) is 27.7 cm³/mol. The van der Waals surface area contributed by atoms with Crippen LogP contribution in [0.1, 0.15) is 6.92 Å². The molecule has 0 saturated carbocycles. The molecule has 0 atom stereocenters. The Morgan fingerprint density at radius 3 is 2.57 bits per heavy atom. The van der Waals surface area contributed by atoms with E-state index in [9.17, 15) is 4.39 Å². The number of rotatable bonds is 0. The first-order chi connectivity index (χ1) is 3.30. The minimum Gasteiger partial charge on any atom is -0.287 e. The molecular formula is C3H5FN2S. The summed E-state index contributed by atoms with van der Waals surface area (Å²) in [5, 5.41) is 0. The van der Waals surface area contributed by atoms with E-state index in [1.807, 2.05) is 0 Å². The van der Waals surface area contributed by atoms with Gasteiger partial charge in [0.05, 0.1) is 4.91 Å². The normalized spacial score (nSPS) is 20.3. The van der Waals surface area contributed by atoms with Gasteiger partial charge >= 0.3 is 0 Å². The Morgan fingerprint density at radius 1 is 1.71 bits per heavy atom. The van der Waals surface area contributed by atoms with Crippen molar-refractivity contribution in [3.8, 4) is 0 Å². The molecule has 0 unspecified atom stereocenters. The molecule has 1 rings (SSSR count). The minimum absolute atomic E-state index is 0.273. The molecule has 40 valence electrons. The fourth-order valence-electron chi connectivity index (χ4n) is 0.280. The topological polar surface area (TPSA) is 24.1 Å². The van der Waals surface area contributed by atoms with Gasteiger partial charge in [-0.05, 0) is 18.9 Å². The molecule has 0 spiro atoms. The lowest BCUT2D eigenvalue weighted by atomic mass is 10.7. The molecule has 7 heavy (non-hydrogen) atoms. The van der Waals surface area contributed by atoms with Crippen LogP contribution in [-0.2, 0) is 0 Å². The Bertz CT molecular complexity index is 99.5. The highest BCUT2D eigenvalue weighted by molar-refractivity contribution is 8.01. The number of hydrazine groups is 1. The Morgan fingerprint density at radius 2 is 2.43 bits per heavy atom. The number of hydrogen-bond donors (Lipinski definition) is 2. The molecule has 0 aromatic heterocycles. The van der Waals surface area contributed by atoms with E-state index in [1.165, 1.54) is 11.9 Å². The lowest BCUT2D eigenvalue weighted by molar-refractivity contribution is 0.543. The van der Waals surface area contributed by atoms with Crippen LogP contribution in [0, 0.1) is 0 Å². The van der Waals surface area contributed by atoms with Gasteiger partial charge in [0.2, 0.25) is 5.95 Å². The van der Waals surface area contributed by atoms with E-state index in [0.717, 1.165) is 0 Å². The van der Waals surface area contributed by atoms with E-state index in [2.05, 4.69) is 10.3 Å². The smallest absolute Gasteiger partial charge is 0.212 e. The molecule has 0 aromatic rings. The summed E-state index contributed by atoms with van der Waals surface area (Å²) in [6.45, 7) is 1.70. The van der Waals surface area contributed by atoms with Gasteiger partial charge in [0.15, 0.2) is 0 Å². The van der Waals surface area contributed by atoms with E-state index in [0.29, 0.717) is 4.91 Å². The van der Waals surface area contributed by atoms with Crippen LogP contribution in [0.25, 0.3) is 0 Å². The van der Waals surface area contributed by atoms with Crippen molar-refractivity contribution in [2.75, 3.05) is 0 Å². The van der Waals surface area contributed by atoms with E-state index in [4.69, 9.17) is 0 Å². The van der Waals surface area contributed by atoms with Crippen LogP contribution in [0.15, 0.2) is 10.9 Å². The largest absolute Gasteiger partial charge is 0.287 e. The van der Waals surface area contributed by atoms with Crippen LogP contribution >= 0.6 is 11.9 Å². The number of halogens is 1. The van der Waals surface area contributed by atoms with E-state index in [1.54, 1.807) is 6.92 Å². The third-order valence-corrected chi connectivity index (χ3v) is 1.36. The lowest BCUT2D eigenvalue weighted by Gasteiger charge is -1.85. The Labute approximate surface area is 45.3 Å². The quantitative estimate of drug-likeness (QED) is 0.367. The summed E-state index contributed by atoms with van der Waals surface area (Å²) in [4.78, 5) is 3.19. The second kappa shape index (κ2) is 1.71. The highest BCUT2D eigenvalue weighted by Gasteiger charge is 2.07. The van der Waals surface area contributed by atoms with Crippen molar-refractivity contribution < 1.29 is 4.39 Å². The first-order valence-corrected chi connectivity index (χ1v) is 2.66. The SMILES string of the molecule is CC1=C(F)NNS1. The summed E-state index contributed by atoms with van der Waals surface area (Å²) in [5.74, 6) is -0.273. The molecule has 0 fully saturated rings. The molecule has 4 heteroatoms. The van der Waals surface area contributed by atoms with Crippen molar-refractivity contribution >= 4 is 11.9 Å². The molecular weight excluding hydrogens is 115 g/mol. The van der Waals surface area contributed by atoms with Gasteiger partial charge in [-0.2, -0.15) is 9.22 Å². The van der Waals surface area contributed by atoms with Crippen molar-refractivity contribution in [1.82, 2.24) is 10.3 Å². The predicted octanol–water partition coefficient (Wildman–Crippen LogP) is 0.901. The summed E-state index contributed by atoms with van der Waals surface area (Å²) < 4.78 is 12.0. The zero-order valence-electron chi connectivity index (χ0n) is 3.79. The molecule has 2 nitrogen and oxygen atoms in total. The van der Waals surface area contributed by atoms with Gasteiger partial charge in [-0.3, -0.25) is 5.43 Å². The van der Waals surface area contributed by atoms with Crippen LogP contribution in [0.5, 0.6) is 0 Å². The zero-order chi connectivity index (χ0) is 5.28. The van der Waals surface area contributed by atoms with Crippen molar-refractivity contribution in [2.24, 2.45) is 0 Å². The van der Waals surface area contributed by atoms with Crippen LogP contribution in [-0.4, -0.2) is 0 Å². The second-order valence-corrected chi connectivity index (χ2v) is 2.22. The fourth-order valence-corrected chi connectivity index (χ4v) is 0.714. The molecule has 0 aromatic carbocycles. The highest BCUT2D eigenvalue weighted by Crippen LogP contribution is 2.18. The lowest BCUT2D eigenvalue weighted by Crippen LogP contribution is -2.15. The maximum Gasteiger partial charge on any atom is 0.212 e. The van der Waals surface area contributed by atoms with Gasteiger partial charge in [0.1, 0.15) is 0 Å². The van der Waals surface area contributed by atoms with E-state index in [-0.39, 0.29) is 5.95 Å². The Balaban J connectivity index is 2.64. The molecule has 0 amide bonds. The first kappa shape index (κ1) is 4.93. The molecule has 1 heterocycles. The van der Waals surface area contributed by atoms with Gasteiger partial charge in [-0.1, -0.05) is 0 Å². The number of allylic oxidation sites excluding steroid dienone is 1. The van der Waals surface area contributed by atoms with Crippen LogP contribution < -0.4 is 10.3 Å². The van der Waals surface area contributed by atoms with Crippen LogP contribution in [0.4, 0.5) is 4.39 Å². The fraction of sp³-hybridized carbons (Fsp3) is 0.333. The Hall–Kier alpha value is -0.220. The van der Waals surface area contributed by atoms with Crippen molar-refractivity contribution in [1.29, 1.82) is 0 Å². The molecule has 1 aliphatic heterocycles. The summed E-state index contributed by atoms with van der Waals surface area (Å²) in [7, 11) is 0. The van der Waals surface area contributed by atoms with Crippen molar-refractivity contribution in [3.63, 3.8) is 0 Å². The van der Waals surface area contributed by atoms with Gasteiger partial charge in [0, 0.05) is 0 Å². The average Bonchev–Trinajstić information content (AvgIpc) is 1.91. The highest BCUT2D eigenvalue weighted by atomic mass is 32.2. The second-order valence-electron chi connectivity index (χ2n) is 1.20. The standard InChI is InChI=1S/C3H5FN2S/c1-2-3(4)5-6-7-2/h5-6H,1H3. The average molecular weight is 120 g/mol. The number of nitrogens with one attached hydrogen (secondary N) is 2. The van der Waals surface area contributed by atoms with E-state index >= 15 is 0 Å². The third-order valence-electron chi connectivity index (χ3n) is 0.674. The molecule has 1 aliphatic rings. The molecule has 0 aliphatic carbocycles. The third kappa shape index (κ3) is 0.863.